The van der Waals surface area contributed by atoms with Gasteiger partial charge < -0.3 is 11.1 Å². The third-order valence-corrected chi connectivity index (χ3v) is 4.66. The fourth-order valence-corrected chi connectivity index (χ4v) is 3.05. The molecule has 0 aliphatic rings. The summed E-state index contributed by atoms with van der Waals surface area (Å²) in [7, 11) is -3.30. The molecule has 110 valence electrons. The highest BCUT2D eigenvalue weighted by molar-refractivity contribution is 7.90. The average Bonchev–Trinajstić information content (AvgIpc) is 2.86. The van der Waals surface area contributed by atoms with Crippen LogP contribution in [0.5, 0.6) is 0 Å². The molecule has 3 N–H and O–H groups in total. The van der Waals surface area contributed by atoms with Gasteiger partial charge in [0.2, 0.25) is 0 Å². The number of sulfone groups is 1. The fourth-order valence-electron chi connectivity index (χ4n) is 1.63. The van der Waals surface area contributed by atoms with E-state index in [1.54, 1.807) is 5.38 Å². The van der Waals surface area contributed by atoms with E-state index in [-0.39, 0.29) is 16.0 Å². The number of thiophene rings is 1. The molecule has 2 rings (SSSR count). The van der Waals surface area contributed by atoms with Crippen LogP contribution in [0.1, 0.15) is 20.7 Å². The van der Waals surface area contributed by atoms with Gasteiger partial charge in [0.25, 0.3) is 11.8 Å². The van der Waals surface area contributed by atoms with E-state index in [1.165, 1.54) is 41.7 Å². The molecule has 0 bridgehead atoms. The predicted molar refractivity (Wildman–Crippen MR) is 80.3 cm³/mol. The molecular formula is C13H12N2O4S2. The number of nitrogens with two attached hydrogens (primary N) is 1. The molecule has 0 aliphatic carbocycles. The van der Waals surface area contributed by atoms with Crippen LogP contribution >= 0.6 is 11.3 Å². The number of carbonyl (C=O) groups is 2. The lowest BCUT2D eigenvalue weighted by atomic mass is 10.2. The minimum atomic E-state index is -3.30. The summed E-state index contributed by atoms with van der Waals surface area (Å²) in [5.74, 6) is -1.07. The van der Waals surface area contributed by atoms with Gasteiger partial charge in [0.15, 0.2) is 9.84 Å². The number of hydrogen-bond acceptors (Lipinski definition) is 5. The summed E-state index contributed by atoms with van der Waals surface area (Å²) in [6, 6.07) is 7.04. The van der Waals surface area contributed by atoms with E-state index in [9.17, 15) is 18.0 Å². The van der Waals surface area contributed by atoms with Crippen LogP contribution in [0.3, 0.4) is 0 Å². The first-order valence-corrected chi connectivity index (χ1v) is 8.55. The van der Waals surface area contributed by atoms with Crippen molar-refractivity contribution in [1.82, 2.24) is 0 Å². The van der Waals surface area contributed by atoms with Crippen LogP contribution in [-0.4, -0.2) is 26.5 Å². The van der Waals surface area contributed by atoms with Crippen LogP contribution in [0.4, 0.5) is 5.00 Å². The first-order chi connectivity index (χ1) is 9.79. The average molecular weight is 324 g/mol. The lowest BCUT2D eigenvalue weighted by Crippen LogP contribution is -2.16. The monoisotopic (exact) mass is 324 g/mol. The molecule has 0 spiro atoms. The maximum Gasteiger partial charge on any atom is 0.256 e. The molecule has 6 nitrogen and oxygen atoms in total. The Hall–Kier alpha value is -2.19. The minimum absolute atomic E-state index is 0.132. The maximum atomic E-state index is 12.0. The second kappa shape index (κ2) is 5.66. The molecule has 8 heteroatoms. The van der Waals surface area contributed by atoms with Crippen molar-refractivity contribution in [2.45, 2.75) is 4.90 Å². The number of carbonyl (C=O) groups excluding carboxylic acids is 2. The van der Waals surface area contributed by atoms with Gasteiger partial charge in [0.1, 0.15) is 5.00 Å². The Kier molecular flexibility index (Phi) is 4.10. The summed E-state index contributed by atoms with van der Waals surface area (Å²) in [4.78, 5) is 23.3. The van der Waals surface area contributed by atoms with Crippen molar-refractivity contribution in [3.63, 3.8) is 0 Å². The molecule has 0 radical (unpaired) electrons. The van der Waals surface area contributed by atoms with Gasteiger partial charge in [-0.15, -0.1) is 11.3 Å². The van der Waals surface area contributed by atoms with Crippen molar-refractivity contribution in [3.05, 3.63) is 46.8 Å². The largest absolute Gasteiger partial charge is 0.366 e. The zero-order valence-electron chi connectivity index (χ0n) is 11.0. The van der Waals surface area contributed by atoms with E-state index < -0.39 is 21.7 Å². The van der Waals surface area contributed by atoms with Gasteiger partial charge >= 0.3 is 0 Å². The highest BCUT2D eigenvalue weighted by Gasteiger charge is 2.14. The van der Waals surface area contributed by atoms with E-state index in [4.69, 9.17) is 5.73 Å². The molecule has 0 unspecified atom stereocenters. The summed E-state index contributed by atoms with van der Waals surface area (Å²) < 4.78 is 22.7. The van der Waals surface area contributed by atoms with Crippen molar-refractivity contribution >= 4 is 38.0 Å². The van der Waals surface area contributed by atoms with Crippen LogP contribution in [-0.2, 0) is 9.84 Å². The predicted octanol–water partition coefficient (Wildman–Crippen LogP) is 1.50. The van der Waals surface area contributed by atoms with Crippen molar-refractivity contribution < 1.29 is 18.0 Å². The third-order valence-electron chi connectivity index (χ3n) is 2.70. The number of anilines is 1. The Morgan fingerprint density at radius 2 is 1.76 bits per heavy atom. The smallest absolute Gasteiger partial charge is 0.256 e. The first kappa shape index (κ1) is 15.2. The summed E-state index contributed by atoms with van der Waals surface area (Å²) in [6.07, 6.45) is 1.09. The summed E-state index contributed by atoms with van der Waals surface area (Å²) in [5, 5.41) is 4.58. The zero-order chi connectivity index (χ0) is 15.6. The molecule has 0 atom stereocenters. The second-order valence-corrected chi connectivity index (χ2v) is 7.21. The van der Waals surface area contributed by atoms with E-state index >= 15 is 0 Å². The second-order valence-electron chi connectivity index (χ2n) is 4.28. The van der Waals surface area contributed by atoms with Gasteiger partial charge in [-0.2, -0.15) is 0 Å². The normalized spacial score (nSPS) is 11.1. The molecule has 2 aromatic rings. The fraction of sp³-hybridized carbons (Fsp3) is 0.0769. The first-order valence-electron chi connectivity index (χ1n) is 5.78. The summed E-state index contributed by atoms with van der Waals surface area (Å²) in [6.45, 7) is 0. The number of primary amides is 1. The Bertz CT molecular complexity index is 792. The number of nitrogens with one attached hydrogen (secondary N) is 1. The lowest BCUT2D eigenvalue weighted by molar-refractivity contribution is 0.100. The van der Waals surface area contributed by atoms with E-state index in [0.29, 0.717) is 5.00 Å². The van der Waals surface area contributed by atoms with E-state index in [1.807, 2.05) is 0 Å². The van der Waals surface area contributed by atoms with Crippen molar-refractivity contribution in [2.75, 3.05) is 11.6 Å². The molecule has 2 amide bonds. The quantitative estimate of drug-likeness (QED) is 0.888. The van der Waals surface area contributed by atoms with Crippen LogP contribution in [0.25, 0.3) is 0 Å². The molecular weight excluding hydrogens is 312 g/mol. The van der Waals surface area contributed by atoms with Gasteiger partial charge in [-0.3, -0.25) is 9.59 Å². The molecule has 0 saturated heterocycles. The van der Waals surface area contributed by atoms with Gasteiger partial charge in [-0.25, -0.2) is 8.42 Å². The highest BCUT2D eigenvalue weighted by Crippen LogP contribution is 2.23. The van der Waals surface area contributed by atoms with Gasteiger partial charge in [-0.1, -0.05) is 0 Å². The molecule has 0 fully saturated rings. The Balaban J connectivity index is 2.21. The van der Waals surface area contributed by atoms with Crippen LogP contribution in [0.2, 0.25) is 0 Å². The molecule has 1 heterocycles. The standard InChI is InChI=1S/C13H12N2O4S2/c1-21(18,19)9-4-2-8(3-5-9)12(17)15-13-10(11(14)16)6-7-20-13/h2-7H,1H3,(H2,14,16)(H,15,17). The summed E-state index contributed by atoms with van der Waals surface area (Å²) in [5.41, 5.74) is 5.71. The summed E-state index contributed by atoms with van der Waals surface area (Å²) >= 11 is 1.18. The van der Waals surface area contributed by atoms with E-state index in [0.717, 1.165) is 6.26 Å². The SMILES string of the molecule is CS(=O)(=O)c1ccc(C(=O)Nc2sccc2C(N)=O)cc1. The van der Waals surface area contributed by atoms with Gasteiger partial charge in [0, 0.05) is 11.8 Å². The highest BCUT2D eigenvalue weighted by atomic mass is 32.2. The van der Waals surface area contributed by atoms with E-state index in [2.05, 4.69) is 5.32 Å². The maximum absolute atomic E-state index is 12.0. The molecule has 1 aromatic carbocycles. The number of rotatable bonds is 4. The third kappa shape index (κ3) is 3.47. The van der Waals surface area contributed by atoms with Crippen molar-refractivity contribution in [3.8, 4) is 0 Å². The van der Waals surface area contributed by atoms with Gasteiger partial charge in [0.05, 0.1) is 10.5 Å². The zero-order valence-corrected chi connectivity index (χ0v) is 12.6. The van der Waals surface area contributed by atoms with Crippen LogP contribution < -0.4 is 11.1 Å². The minimum Gasteiger partial charge on any atom is -0.366 e. The van der Waals surface area contributed by atoms with Crippen LogP contribution in [0, 0.1) is 0 Å². The number of amides is 2. The van der Waals surface area contributed by atoms with Crippen molar-refractivity contribution in [2.24, 2.45) is 5.73 Å². The van der Waals surface area contributed by atoms with Crippen LogP contribution in [0.15, 0.2) is 40.6 Å². The lowest BCUT2D eigenvalue weighted by Gasteiger charge is -2.05. The molecule has 1 aromatic heterocycles. The Morgan fingerprint density at radius 3 is 2.29 bits per heavy atom. The molecule has 0 aliphatic heterocycles. The topological polar surface area (TPSA) is 106 Å². The van der Waals surface area contributed by atoms with Gasteiger partial charge in [-0.05, 0) is 35.7 Å². The van der Waals surface area contributed by atoms with Crippen molar-refractivity contribution in [1.29, 1.82) is 0 Å². The molecule has 0 saturated carbocycles. The Labute approximate surface area is 125 Å². The number of hydrogen-bond donors (Lipinski definition) is 2. The number of benzene rings is 1. The Morgan fingerprint density at radius 1 is 1.14 bits per heavy atom. The molecule has 21 heavy (non-hydrogen) atoms.